The second-order valence-electron chi connectivity index (χ2n) is 9.12. The average molecular weight is 412 g/mol. The summed E-state index contributed by atoms with van der Waals surface area (Å²) in [6, 6.07) is 10.2. The van der Waals surface area contributed by atoms with E-state index in [0.717, 1.165) is 43.7 Å². The number of nitrogens with zero attached hydrogens (tertiary/aromatic N) is 5. The van der Waals surface area contributed by atoms with Gasteiger partial charge in [0, 0.05) is 13.1 Å². The molecule has 0 bridgehead atoms. The van der Waals surface area contributed by atoms with Gasteiger partial charge >= 0.3 is 6.09 Å². The predicted octanol–water partition coefficient (Wildman–Crippen LogP) is 2.93. The molecule has 2 heterocycles. The zero-order valence-electron chi connectivity index (χ0n) is 17.3. The number of carbonyl (C=O) groups excluding carboxylic acids is 1. The fourth-order valence-corrected chi connectivity index (χ4v) is 4.74. The van der Waals surface area contributed by atoms with E-state index < -0.39 is 0 Å². The van der Waals surface area contributed by atoms with Crippen LogP contribution in [0, 0.1) is 5.41 Å². The van der Waals surface area contributed by atoms with Crippen LogP contribution < -0.4 is 0 Å². The van der Waals surface area contributed by atoms with E-state index in [2.05, 4.69) is 27.7 Å². The molecule has 1 aromatic heterocycles. The number of benzene rings is 1. The van der Waals surface area contributed by atoms with Gasteiger partial charge in [0.05, 0.1) is 25.2 Å². The molecule has 3 fully saturated rings. The van der Waals surface area contributed by atoms with Crippen LogP contribution in [0.15, 0.2) is 30.3 Å². The smallest absolute Gasteiger partial charge is 0.409 e. The summed E-state index contributed by atoms with van der Waals surface area (Å²) < 4.78 is 13.3. The Morgan fingerprint density at radius 3 is 2.63 bits per heavy atom. The molecule has 160 valence electrons. The van der Waals surface area contributed by atoms with Gasteiger partial charge in [-0.3, -0.25) is 0 Å². The number of rotatable bonds is 8. The summed E-state index contributed by atoms with van der Waals surface area (Å²) in [4.78, 5) is 14.3. The largest absolute Gasteiger partial charge is 0.447 e. The summed E-state index contributed by atoms with van der Waals surface area (Å²) in [7, 11) is 0. The van der Waals surface area contributed by atoms with E-state index >= 15 is 0 Å². The van der Waals surface area contributed by atoms with Gasteiger partial charge in [-0.2, -0.15) is 0 Å². The second-order valence-corrected chi connectivity index (χ2v) is 9.12. The lowest BCUT2D eigenvalue weighted by Gasteiger charge is -2.37. The molecular weight excluding hydrogens is 382 g/mol. The van der Waals surface area contributed by atoms with Gasteiger partial charge in [0.15, 0.2) is 5.82 Å². The molecule has 0 atom stereocenters. The van der Waals surface area contributed by atoms with E-state index in [1.807, 2.05) is 23.1 Å². The van der Waals surface area contributed by atoms with E-state index in [4.69, 9.17) is 9.47 Å². The maximum Gasteiger partial charge on any atom is 0.409 e. The van der Waals surface area contributed by atoms with Gasteiger partial charge in [-0.15, -0.1) is 5.10 Å². The third-order valence-corrected chi connectivity index (χ3v) is 6.99. The Morgan fingerprint density at radius 2 is 1.93 bits per heavy atom. The first-order valence-electron chi connectivity index (χ1n) is 11.0. The van der Waals surface area contributed by atoms with Crippen molar-refractivity contribution in [1.82, 2.24) is 25.1 Å². The van der Waals surface area contributed by atoms with Crippen LogP contribution in [0.4, 0.5) is 4.79 Å². The quantitative estimate of drug-likeness (QED) is 0.664. The standard InChI is InChI=1S/C22H29N5O3/c28-20(26-12-11-21(16-26)7-4-8-21)30-14-13-27-19(23-24-25-27)22(9-10-22)17-29-15-18-5-2-1-3-6-18/h1-3,5-6H,4,7-17H2. The first-order chi connectivity index (χ1) is 14.7. The van der Waals surface area contributed by atoms with E-state index in [0.29, 0.717) is 25.2 Å². The minimum atomic E-state index is -0.208. The van der Waals surface area contributed by atoms with Crippen molar-refractivity contribution in [3.05, 3.63) is 41.7 Å². The average Bonchev–Trinajstić information content (AvgIpc) is 3.16. The highest BCUT2D eigenvalue weighted by molar-refractivity contribution is 5.68. The van der Waals surface area contributed by atoms with Crippen molar-refractivity contribution < 1.29 is 14.3 Å². The fraction of sp³-hybridized carbons (Fsp3) is 0.636. The molecule has 30 heavy (non-hydrogen) atoms. The van der Waals surface area contributed by atoms with Gasteiger partial charge in [-0.1, -0.05) is 36.8 Å². The molecule has 2 aromatic rings. The molecule has 1 amide bonds. The van der Waals surface area contributed by atoms with Crippen molar-refractivity contribution in [3.63, 3.8) is 0 Å². The second kappa shape index (κ2) is 7.98. The van der Waals surface area contributed by atoms with Gasteiger partial charge in [0.25, 0.3) is 0 Å². The van der Waals surface area contributed by atoms with Crippen molar-refractivity contribution in [2.24, 2.45) is 5.41 Å². The lowest BCUT2D eigenvalue weighted by molar-refractivity contribution is 0.0873. The van der Waals surface area contributed by atoms with E-state index in [9.17, 15) is 4.79 Å². The van der Waals surface area contributed by atoms with Crippen LogP contribution in [0.3, 0.4) is 0 Å². The Kier molecular flexibility index (Phi) is 5.18. The van der Waals surface area contributed by atoms with Gasteiger partial charge < -0.3 is 14.4 Å². The van der Waals surface area contributed by atoms with Crippen LogP contribution in [-0.2, 0) is 28.0 Å². The highest BCUT2D eigenvalue weighted by Crippen LogP contribution is 2.48. The summed E-state index contributed by atoms with van der Waals surface area (Å²) in [5, 5.41) is 12.2. The summed E-state index contributed by atoms with van der Waals surface area (Å²) in [6.07, 6.45) is 6.72. The van der Waals surface area contributed by atoms with Crippen LogP contribution in [-0.4, -0.2) is 57.5 Å². The number of carbonyl (C=O) groups is 1. The first kappa shape index (κ1) is 19.5. The van der Waals surface area contributed by atoms with Crippen molar-refractivity contribution in [3.8, 4) is 0 Å². The fourth-order valence-electron chi connectivity index (χ4n) is 4.74. The monoisotopic (exact) mass is 411 g/mol. The molecule has 1 saturated heterocycles. The Hall–Kier alpha value is -2.48. The number of tetrazole rings is 1. The van der Waals surface area contributed by atoms with E-state index in [1.165, 1.54) is 19.3 Å². The lowest BCUT2D eigenvalue weighted by Crippen LogP contribution is -2.36. The zero-order valence-corrected chi connectivity index (χ0v) is 17.3. The minimum Gasteiger partial charge on any atom is -0.447 e. The van der Waals surface area contributed by atoms with Crippen molar-refractivity contribution in [2.45, 2.75) is 57.1 Å². The number of hydrogen-bond donors (Lipinski definition) is 0. The third-order valence-electron chi connectivity index (χ3n) is 6.99. The van der Waals surface area contributed by atoms with Gasteiger partial charge in [-0.25, -0.2) is 9.48 Å². The molecule has 2 saturated carbocycles. The highest BCUT2D eigenvalue weighted by Gasteiger charge is 2.49. The number of ether oxygens (including phenoxy) is 2. The van der Waals surface area contributed by atoms with Crippen molar-refractivity contribution in [2.75, 3.05) is 26.3 Å². The van der Waals surface area contributed by atoms with Gasteiger partial charge in [-0.05, 0) is 53.5 Å². The Bertz CT molecular complexity index is 876. The molecule has 0 N–H and O–H groups in total. The van der Waals surface area contributed by atoms with E-state index in [1.54, 1.807) is 4.68 Å². The van der Waals surface area contributed by atoms with E-state index in [-0.39, 0.29) is 18.1 Å². The summed E-state index contributed by atoms with van der Waals surface area (Å²) in [6.45, 7) is 3.59. The summed E-state index contributed by atoms with van der Waals surface area (Å²) in [5.41, 5.74) is 1.43. The number of hydrogen-bond acceptors (Lipinski definition) is 6. The molecule has 1 aromatic carbocycles. The topological polar surface area (TPSA) is 82.4 Å². The summed E-state index contributed by atoms with van der Waals surface area (Å²) >= 11 is 0. The number of likely N-dealkylation sites (tertiary alicyclic amines) is 1. The predicted molar refractivity (Wildman–Crippen MR) is 109 cm³/mol. The summed E-state index contributed by atoms with van der Waals surface area (Å²) in [5.74, 6) is 0.834. The Balaban J connectivity index is 1.10. The molecule has 8 nitrogen and oxygen atoms in total. The van der Waals surface area contributed by atoms with Crippen molar-refractivity contribution in [1.29, 1.82) is 0 Å². The normalized spacial score (nSPS) is 20.9. The van der Waals surface area contributed by atoms with Gasteiger partial charge in [0.1, 0.15) is 6.61 Å². The molecule has 8 heteroatoms. The van der Waals surface area contributed by atoms with Crippen LogP contribution >= 0.6 is 0 Å². The highest BCUT2D eigenvalue weighted by atomic mass is 16.6. The molecule has 2 aliphatic carbocycles. The molecular formula is C22H29N5O3. The molecule has 5 rings (SSSR count). The Labute approximate surface area is 176 Å². The maximum absolute atomic E-state index is 12.4. The first-order valence-corrected chi connectivity index (χ1v) is 11.0. The SMILES string of the molecule is O=C(OCCn1nnnc1C1(COCc2ccccc2)CC1)N1CCC2(CCC2)C1. The van der Waals surface area contributed by atoms with Crippen LogP contribution in [0.5, 0.6) is 0 Å². The minimum absolute atomic E-state index is 0.117. The third kappa shape index (κ3) is 3.93. The molecule has 3 aliphatic rings. The lowest BCUT2D eigenvalue weighted by atomic mass is 9.68. The maximum atomic E-state index is 12.4. The zero-order chi connectivity index (χ0) is 20.4. The van der Waals surface area contributed by atoms with Crippen molar-refractivity contribution >= 4 is 6.09 Å². The molecule has 1 spiro atoms. The van der Waals surface area contributed by atoms with Gasteiger partial charge in [0.2, 0.25) is 0 Å². The van der Waals surface area contributed by atoms with Crippen LogP contribution in [0.25, 0.3) is 0 Å². The molecule has 0 unspecified atom stereocenters. The van der Waals surface area contributed by atoms with Crippen LogP contribution in [0.1, 0.15) is 49.9 Å². The van der Waals surface area contributed by atoms with Crippen LogP contribution in [0.2, 0.25) is 0 Å². The number of amides is 1. The molecule has 0 radical (unpaired) electrons. The number of aromatic nitrogens is 4. The Morgan fingerprint density at radius 1 is 1.10 bits per heavy atom. The molecule has 1 aliphatic heterocycles.